The van der Waals surface area contributed by atoms with E-state index >= 15 is 0 Å². The van der Waals surface area contributed by atoms with Crippen molar-refractivity contribution in [2.24, 2.45) is 0 Å². The first-order chi connectivity index (χ1) is 13.2. The molecule has 5 heteroatoms. The molecule has 0 saturated carbocycles. The number of ether oxygens (including phenoxy) is 2. The van der Waals surface area contributed by atoms with E-state index in [0.717, 1.165) is 37.4 Å². The highest BCUT2D eigenvalue weighted by Gasteiger charge is 2.04. The van der Waals surface area contributed by atoms with Crippen LogP contribution in [0.4, 0.5) is 0 Å². The first-order valence-electron chi connectivity index (χ1n) is 9.55. The first-order valence-corrected chi connectivity index (χ1v) is 9.92. The lowest BCUT2D eigenvalue weighted by atomic mass is 10.1. The Morgan fingerprint density at radius 2 is 1.78 bits per heavy atom. The Kier molecular flexibility index (Phi) is 9.56. The third kappa shape index (κ3) is 8.35. The van der Waals surface area contributed by atoms with Crippen LogP contribution >= 0.6 is 11.6 Å². The summed E-state index contributed by atoms with van der Waals surface area (Å²) >= 11 is 5.83. The zero-order chi connectivity index (χ0) is 19.3. The van der Waals surface area contributed by atoms with E-state index in [1.54, 1.807) is 12.1 Å². The Hall–Kier alpha value is -2.20. The molecular weight excluding hydrogens is 362 g/mol. The van der Waals surface area contributed by atoms with Gasteiger partial charge < -0.3 is 14.8 Å². The van der Waals surface area contributed by atoms with Gasteiger partial charge in [0.2, 0.25) is 5.91 Å². The van der Waals surface area contributed by atoms with Gasteiger partial charge >= 0.3 is 0 Å². The van der Waals surface area contributed by atoms with Crippen LogP contribution in [0.2, 0.25) is 5.02 Å². The summed E-state index contributed by atoms with van der Waals surface area (Å²) in [6.07, 6.45) is 3.91. The number of hydrogen-bond donors (Lipinski definition) is 1. The van der Waals surface area contributed by atoms with E-state index in [1.165, 1.54) is 5.56 Å². The Labute approximate surface area is 166 Å². The van der Waals surface area contributed by atoms with E-state index in [9.17, 15) is 4.79 Å². The summed E-state index contributed by atoms with van der Waals surface area (Å²) < 4.78 is 11.4. The molecular formula is C22H28ClNO3. The van der Waals surface area contributed by atoms with Gasteiger partial charge in [0.05, 0.1) is 13.2 Å². The van der Waals surface area contributed by atoms with Crippen molar-refractivity contribution < 1.29 is 14.3 Å². The number of hydrogen-bond acceptors (Lipinski definition) is 3. The van der Waals surface area contributed by atoms with E-state index in [-0.39, 0.29) is 5.91 Å². The van der Waals surface area contributed by atoms with Crippen molar-refractivity contribution in [2.75, 3.05) is 19.8 Å². The summed E-state index contributed by atoms with van der Waals surface area (Å²) in [5.74, 6) is 1.78. The van der Waals surface area contributed by atoms with Gasteiger partial charge in [-0.25, -0.2) is 0 Å². The molecule has 0 bridgehead atoms. The number of amides is 1. The summed E-state index contributed by atoms with van der Waals surface area (Å²) in [5, 5.41) is 3.65. The molecule has 2 aromatic carbocycles. The van der Waals surface area contributed by atoms with Crippen LogP contribution in [0.15, 0.2) is 48.5 Å². The fraction of sp³-hybridized carbons (Fsp3) is 0.409. The van der Waals surface area contributed by atoms with E-state index in [4.69, 9.17) is 21.1 Å². The van der Waals surface area contributed by atoms with Crippen molar-refractivity contribution in [3.63, 3.8) is 0 Å². The minimum atomic E-state index is 0.0604. The smallest absolute Gasteiger partial charge is 0.220 e. The number of rotatable bonds is 12. The largest absolute Gasteiger partial charge is 0.494 e. The molecule has 2 aromatic rings. The predicted molar refractivity (Wildman–Crippen MR) is 110 cm³/mol. The molecule has 0 radical (unpaired) electrons. The van der Waals surface area contributed by atoms with Gasteiger partial charge in [0.1, 0.15) is 11.5 Å². The maximum absolute atomic E-state index is 11.9. The molecule has 0 unspecified atom stereocenters. The second kappa shape index (κ2) is 12.2. The molecule has 0 aliphatic heterocycles. The molecule has 0 aliphatic rings. The van der Waals surface area contributed by atoms with Crippen molar-refractivity contribution >= 4 is 17.5 Å². The first kappa shape index (κ1) is 21.1. The number of carbonyl (C=O) groups excluding carboxylic acids is 1. The molecule has 146 valence electrons. The minimum absolute atomic E-state index is 0.0604. The van der Waals surface area contributed by atoms with Gasteiger partial charge in [-0.15, -0.1) is 0 Å². The minimum Gasteiger partial charge on any atom is -0.494 e. The highest BCUT2D eigenvalue weighted by Crippen LogP contribution is 2.19. The Morgan fingerprint density at radius 1 is 1.00 bits per heavy atom. The highest BCUT2D eigenvalue weighted by molar-refractivity contribution is 6.30. The van der Waals surface area contributed by atoms with Crippen molar-refractivity contribution in [3.05, 3.63) is 59.1 Å². The topological polar surface area (TPSA) is 47.6 Å². The Bertz CT molecular complexity index is 688. The van der Waals surface area contributed by atoms with Crippen molar-refractivity contribution in [2.45, 2.75) is 39.0 Å². The average Bonchev–Trinajstić information content (AvgIpc) is 2.69. The summed E-state index contributed by atoms with van der Waals surface area (Å²) in [5.41, 5.74) is 1.19. The number of carbonyl (C=O) groups is 1. The molecule has 0 aliphatic carbocycles. The van der Waals surface area contributed by atoms with Crippen molar-refractivity contribution in [1.82, 2.24) is 5.32 Å². The second-order valence-electron chi connectivity index (χ2n) is 6.32. The molecule has 2 rings (SSSR count). The third-order valence-electron chi connectivity index (χ3n) is 4.01. The van der Waals surface area contributed by atoms with Crippen LogP contribution in [0, 0.1) is 0 Å². The second-order valence-corrected chi connectivity index (χ2v) is 6.75. The highest BCUT2D eigenvalue weighted by atomic mass is 35.5. The van der Waals surface area contributed by atoms with Crippen LogP contribution < -0.4 is 14.8 Å². The van der Waals surface area contributed by atoms with Gasteiger partial charge in [-0.2, -0.15) is 0 Å². The molecule has 0 heterocycles. The molecule has 1 amide bonds. The number of nitrogens with one attached hydrogen (secondary N) is 1. The van der Waals surface area contributed by atoms with E-state index < -0.39 is 0 Å². The zero-order valence-electron chi connectivity index (χ0n) is 15.9. The average molecular weight is 390 g/mol. The van der Waals surface area contributed by atoms with Crippen LogP contribution in [-0.2, 0) is 11.2 Å². The molecule has 1 N–H and O–H groups in total. The molecule has 4 nitrogen and oxygen atoms in total. The van der Waals surface area contributed by atoms with Crippen LogP contribution in [0.25, 0.3) is 0 Å². The van der Waals surface area contributed by atoms with Crippen LogP contribution in [-0.4, -0.2) is 25.7 Å². The lowest BCUT2D eigenvalue weighted by Gasteiger charge is -2.11. The van der Waals surface area contributed by atoms with Gasteiger partial charge in [-0.3, -0.25) is 4.79 Å². The monoisotopic (exact) mass is 389 g/mol. The van der Waals surface area contributed by atoms with Gasteiger partial charge in [0.15, 0.2) is 0 Å². The van der Waals surface area contributed by atoms with Crippen molar-refractivity contribution in [1.29, 1.82) is 0 Å². The van der Waals surface area contributed by atoms with Crippen LogP contribution in [0.1, 0.15) is 38.2 Å². The van der Waals surface area contributed by atoms with Crippen LogP contribution in [0.5, 0.6) is 11.5 Å². The fourth-order valence-electron chi connectivity index (χ4n) is 2.61. The quantitative estimate of drug-likeness (QED) is 0.517. The lowest BCUT2D eigenvalue weighted by molar-refractivity contribution is -0.121. The molecule has 0 saturated heterocycles. The molecule has 0 spiro atoms. The predicted octanol–water partition coefficient (Wildman–Crippen LogP) is 5.04. The number of para-hydroxylation sites is 1. The standard InChI is InChI=1S/C22H28ClNO3/c1-2-16-27-21-9-4-3-7-18(21)8-5-15-24-22(25)10-6-17-26-20-13-11-19(23)12-14-20/h3-4,7,9,11-14H,2,5-6,8,10,15-17H2,1H3,(H,24,25). The summed E-state index contributed by atoms with van der Waals surface area (Å²) in [6, 6.07) is 15.3. The number of halogens is 1. The van der Waals surface area contributed by atoms with E-state index in [1.807, 2.05) is 30.3 Å². The number of benzene rings is 2. The SMILES string of the molecule is CCCOc1ccccc1CCCNC(=O)CCCOc1ccc(Cl)cc1. The maximum atomic E-state index is 11.9. The van der Waals surface area contributed by atoms with Gasteiger partial charge in [0.25, 0.3) is 0 Å². The molecule has 27 heavy (non-hydrogen) atoms. The summed E-state index contributed by atoms with van der Waals surface area (Å²) in [7, 11) is 0. The van der Waals surface area contributed by atoms with Crippen molar-refractivity contribution in [3.8, 4) is 11.5 Å². The van der Waals surface area contributed by atoms with Gasteiger partial charge in [0, 0.05) is 18.0 Å². The van der Waals surface area contributed by atoms with E-state index in [2.05, 4.69) is 18.3 Å². The normalized spacial score (nSPS) is 10.4. The fourth-order valence-corrected chi connectivity index (χ4v) is 2.74. The third-order valence-corrected chi connectivity index (χ3v) is 4.26. The molecule has 0 atom stereocenters. The summed E-state index contributed by atoms with van der Waals surface area (Å²) in [6.45, 7) is 4.00. The lowest BCUT2D eigenvalue weighted by Crippen LogP contribution is -2.25. The van der Waals surface area contributed by atoms with Gasteiger partial charge in [-0.1, -0.05) is 36.7 Å². The van der Waals surface area contributed by atoms with E-state index in [0.29, 0.717) is 31.0 Å². The molecule has 0 fully saturated rings. The number of aryl methyl sites for hydroxylation is 1. The van der Waals surface area contributed by atoms with Gasteiger partial charge in [-0.05, 0) is 61.6 Å². The Morgan fingerprint density at radius 3 is 2.56 bits per heavy atom. The maximum Gasteiger partial charge on any atom is 0.220 e. The summed E-state index contributed by atoms with van der Waals surface area (Å²) in [4.78, 5) is 11.9. The Balaban J connectivity index is 1.57. The molecule has 0 aromatic heterocycles. The zero-order valence-corrected chi connectivity index (χ0v) is 16.6. The van der Waals surface area contributed by atoms with Crippen LogP contribution in [0.3, 0.4) is 0 Å².